The minimum absolute atomic E-state index is 0.0796. The van der Waals surface area contributed by atoms with E-state index in [1.807, 2.05) is 0 Å². The SMILES string of the molecule is CCOCC(=O)OCC(=O)N1CCCC1. The van der Waals surface area contributed by atoms with Gasteiger partial charge in [-0.2, -0.15) is 0 Å². The molecule has 0 aromatic heterocycles. The number of likely N-dealkylation sites (tertiary alicyclic amines) is 1. The summed E-state index contributed by atoms with van der Waals surface area (Å²) in [6.45, 7) is 3.58. The molecule has 1 heterocycles. The highest BCUT2D eigenvalue weighted by Gasteiger charge is 2.18. The van der Waals surface area contributed by atoms with Crippen LogP contribution in [0.15, 0.2) is 0 Å². The summed E-state index contributed by atoms with van der Waals surface area (Å²) in [5, 5.41) is 0. The average Bonchev–Trinajstić information content (AvgIpc) is 2.76. The molecule has 1 rings (SSSR count). The van der Waals surface area contributed by atoms with Crippen molar-refractivity contribution in [2.75, 3.05) is 32.9 Å². The van der Waals surface area contributed by atoms with Crippen molar-refractivity contribution in [3.05, 3.63) is 0 Å². The lowest BCUT2D eigenvalue weighted by Gasteiger charge is -2.14. The molecule has 0 spiro atoms. The third-order valence-electron chi connectivity index (χ3n) is 2.24. The quantitative estimate of drug-likeness (QED) is 0.614. The van der Waals surface area contributed by atoms with Gasteiger partial charge in [-0.3, -0.25) is 4.79 Å². The van der Waals surface area contributed by atoms with Gasteiger partial charge in [-0.15, -0.1) is 0 Å². The van der Waals surface area contributed by atoms with E-state index in [0.717, 1.165) is 25.9 Å². The van der Waals surface area contributed by atoms with Gasteiger partial charge >= 0.3 is 5.97 Å². The molecule has 0 saturated carbocycles. The number of rotatable bonds is 5. The third kappa shape index (κ3) is 4.29. The summed E-state index contributed by atoms with van der Waals surface area (Å²) in [5.74, 6) is -0.596. The van der Waals surface area contributed by atoms with Crippen LogP contribution >= 0.6 is 0 Å². The molecule has 0 aliphatic carbocycles. The first-order chi connectivity index (χ1) is 7.24. The number of nitrogens with zero attached hydrogens (tertiary/aromatic N) is 1. The van der Waals surface area contributed by atoms with Crippen molar-refractivity contribution >= 4 is 11.9 Å². The molecule has 0 N–H and O–H groups in total. The smallest absolute Gasteiger partial charge is 0.332 e. The van der Waals surface area contributed by atoms with Crippen LogP contribution in [0.2, 0.25) is 0 Å². The molecular formula is C10H17NO4. The van der Waals surface area contributed by atoms with Gasteiger partial charge in [0.15, 0.2) is 6.61 Å². The van der Waals surface area contributed by atoms with Crippen molar-refractivity contribution in [1.82, 2.24) is 4.90 Å². The minimum atomic E-state index is -0.482. The highest BCUT2D eigenvalue weighted by Crippen LogP contribution is 2.07. The van der Waals surface area contributed by atoms with Gasteiger partial charge in [0.2, 0.25) is 0 Å². The Hall–Kier alpha value is -1.10. The molecule has 1 amide bonds. The zero-order chi connectivity index (χ0) is 11.1. The van der Waals surface area contributed by atoms with E-state index in [1.54, 1.807) is 11.8 Å². The molecule has 0 atom stereocenters. The maximum Gasteiger partial charge on any atom is 0.332 e. The molecule has 0 aromatic rings. The Labute approximate surface area is 89.3 Å². The van der Waals surface area contributed by atoms with Crippen molar-refractivity contribution in [1.29, 1.82) is 0 Å². The van der Waals surface area contributed by atoms with E-state index >= 15 is 0 Å². The fraction of sp³-hybridized carbons (Fsp3) is 0.800. The molecule has 5 nitrogen and oxygen atoms in total. The zero-order valence-electron chi connectivity index (χ0n) is 9.03. The number of amides is 1. The molecule has 1 fully saturated rings. The van der Waals surface area contributed by atoms with E-state index in [1.165, 1.54) is 0 Å². The maximum atomic E-state index is 11.4. The monoisotopic (exact) mass is 215 g/mol. The molecule has 0 unspecified atom stereocenters. The molecule has 86 valence electrons. The predicted molar refractivity (Wildman–Crippen MR) is 53.3 cm³/mol. The Morgan fingerprint density at radius 1 is 1.20 bits per heavy atom. The summed E-state index contributed by atoms with van der Waals surface area (Å²) in [6, 6.07) is 0. The van der Waals surface area contributed by atoms with Crippen molar-refractivity contribution in [3.63, 3.8) is 0 Å². The van der Waals surface area contributed by atoms with E-state index in [-0.39, 0.29) is 19.1 Å². The Bertz CT molecular complexity index is 223. The first-order valence-corrected chi connectivity index (χ1v) is 5.25. The number of carbonyl (C=O) groups excluding carboxylic acids is 2. The summed E-state index contributed by atoms with van der Waals surface area (Å²) in [6.07, 6.45) is 2.08. The minimum Gasteiger partial charge on any atom is -0.454 e. The normalized spacial score (nSPS) is 15.4. The van der Waals surface area contributed by atoms with Gasteiger partial charge in [-0.1, -0.05) is 0 Å². The van der Waals surface area contributed by atoms with Crippen LogP contribution in [-0.2, 0) is 19.1 Å². The number of esters is 1. The van der Waals surface area contributed by atoms with Gasteiger partial charge in [0.25, 0.3) is 5.91 Å². The maximum absolute atomic E-state index is 11.4. The summed E-state index contributed by atoms with van der Waals surface area (Å²) in [7, 11) is 0. The number of hydrogen-bond acceptors (Lipinski definition) is 4. The number of ether oxygens (including phenoxy) is 2. The van der Waals surface area contributed by atoms with Gasteiger partial charge in [0, 0.05) is 19.7 Å². The largest absolute Gasteiger partial charge is 0.454 e. The van der Waals surface area contributed by atoms with Crippen LogP contribution < -0.4 is 0 Å². The van der Waals surface area contributed by atoms with Gasteiger partial charge in [0.05, 0.1) is 0 Å². The number of carbonyl (C=O) groups is 2. The Morgan fingerprint density at radius 2 is 1.87 bits per heavy atom. The summed E-state index contributed by atoms with van der Waals surface area (Å²) in [4.78, 5) is 24.2. The van der Waals surface area contributed by atoms with Crippen molar-refractivity contribution in [2.24, 2.45) is 0 Å². The lowest BCUT2D eigenvalue weighted by atomic mass is 10.4. The standard InChI is InChI=1S/C10H17NO4/c1-2-14-8-10(13)15-7-9(12)11-5-3-4-6-11/h2-8H2,1H3. The van der Waals surface area contributed by atoms with Crippen LogP contribution in [0.5, 0.6) is 0 Å². The molecule has 0 bridgehead atoms. The topological polar surface area (TPSA) is 55.8 Å². The fourth-order valence-electron chi connectivity index (χ4n) is 1.43. The Kier molecular flexibility index (Phi) is 5.10. The second-order valence-electron chi connectivity index (χ2n) is 3.39. The molecule has 1 saturated heterocycles. The van der Waals surface area contributed by atoms with E-state index < -0.39 is 5.97 Å². The van der Waals surface area contributed by atoms with E-state index in [9.17, 15) is 9.59 Å². The Balaban J connectivity index is 2.12. The van der Waals surface area contributed by atoms with Crippen LogP contribution in [0, 0.1) is 0 Å². The second kappa shape index (κ2) is 6.40. The lowest BCUT2D eigenvalue weighted by Crippen LogP contribution is -2.32. The lowest BCUT2D eigenvalue weighted by molar-refractivity contribution is -0.155. The fourth-order valence-corrected chi connectivity index (χ4v) is 1.43. The first-order valence-electron chi connectivity index (χ1n) is 5.25. The molecular weight excluding hydrogens is 198 g/mol. The second-order valence-corrected chi connectivity index (χ2v) is 3.39. The molecule has 1 aliphatic heterocycles. The summed E-state index contributed by atoms with van der Waals surface area (Å²) >= 11 is 0. The van der Waals surface area contributed by atoms with E-state index in [4.69, 9.17) is 9.47 Å². The highest BCUT2D eigenvalue weighted by atomic mass is 16.6. The predicted octanol–water partition coefficient (Wildman–Crippen LogP) is 0.188. The number of hydrogen-bond donors (Lipinski definition) is 0. The van der Waals surface area contributed by atoms with Crippen LogP contribution in [0.1, 0.15) is 19.8 Å². The Morgan fingerprint density at radius 3 is 2.47 bits per heavy atom. The molecule has 0 aromatic carbocycles. The van der Waals surface area contributed by atoms with E-state index in [2.05, 4.69) is 0 Å². The van der Waals surface area contributed by atoms with Crippen molar-refractivity contribution < 1.29 is 19.1 Å². The molecule has 15 heavy (non-hydrogen) atoms. The van der Waals surface area contributed by atoms with Crippen LogP contribution in [0.25, 0.3) is 0 Å². The van der Waals surface area contributed by atoms with Crippen molar-refractivity contribution in [3.8, 4) is 0 Å². The summed E-state index contributed by atoms with van der Waals surface area (Å²) < 4.78 is 9.62. The van der Waals surface area contributed by atoms with Gasteiger partial charge in [-0.25, -0.2) is 4.79 Å². The summed E-state index contributed by atoms with van der Waals surface area (Å²) in [5.41, 5.74) is 0. The molecule has 0 radical (unpaired) electrons. The van der Waals surface area contributed by atoms with Crippen LogP contribution in [0.3, 0.4) is 0 Å². The third-order valence-corrected chi connectivity index (χ3v) is 2.24. The van der Waals surface area contributed by atoms with Crippen molar-refractivity contribution in [2.45, 2.75) is 19.8 Å². The highest BCUT2D eigenvalue weighted by molar-refractivity contribution is 5.81. The van der Waals surface area contributed by atoms with Gasteiger partial charge < -0.3 is 14.4 Å². The van der Waals surface area contributed by atoms with Gasteiger partial charge in [-0.05, 0) is 19.8 Å². The van der Waals surface area contributed by atoms with E-state index in [0.29, 0.717) is 6.61 Å². The van der Waals surface area contributed by atoms with Crippen LogP contribution in [0.4, 0.5) is 0 Å². The average molecular weight is 215 g/mol. The van der Waals surface area contributed by atoms with Gasteiger partial charge in [0.1, 0.15) is 6.61 Å². The zero-order valence-corrected chi connectivity index (χ0v) is 9.03. The van der Waals surface area contributed by atoms with Crippen LogP contribution in [-0.4, -0.2) is 49.7 Å². The molecule has 5 heteroatoms. The first kappa shape index (κ1) is 12.0. The molecule has 1 aliphatic rings.